The highest BCUT2D eigenvalue weighted by Gasteiger charge is 2.29. The van der Waals surface area contributed by atoms with Gasteiger partial charge in [-0.1, -0.05) is 47.0 Å². The summed E-state index contributed by atoms with van der Waals surface area (Å²) >= 11 is 12.1. The number of hydrogen-bond donors (Lipinski definition) is 0. The molecule has 0 aliphatic rings. The molecule has 0 aliphatic heterocycles. The van der Waals surface area contributed by atoms with Crippen molar-refractivity contribution >= 4 is 50.9 Å². The number of amides is 1. The zero-order chi connectivity index (χ0) is 22.6. The minimum absolute atomic E-state index is 0.000179. The number of benzene rings is 3. The van der Waals surface area contributed by atoms with E-state index in [4.69, 9.17) is 27.9 Å². The van der Waals surface area contributed by atoms with Crippen LogP contribution in [0.25, 0.3) is 6.08 Å². The molecule has 3 rings (SSSR count). The Balaban J connectivity index is 2.05. The van der Waals surface area contributed by atoms with E-state index in [1.54, 1.807) is 36.4 Å². The smallest absolute Gasteiger partial charge is 0.271 e. The Morgan fingerprint density at radius 3 is 2.19 bits per heavy atom. The number of anilines is 1. The van der Waals surface area contributed by atoms with Gasteiger partial charge in [0.05, 0.1) is 17.7 Å². The predicted molar refractivity (Wildman–Crippen MR) is 124 cm³/mol. The molecule has 0 radical (unpaired) electrons. The summed E-state index contributed by atoms with van der Waals surface area (Å²) in [4.78, 5) is 13.1. The first-order chi connectivity index (χ1) is 14.7. The van der Waals surface area contributed by atoms with Crippen LogP contribution >= 0.6 is 23.2 Å². The fourth-order valence-corrected chi connectivity index (χ4v) is 4.64. The standard InChI is InChI=1S/C23H19Cl2NO4S/c1-16-3-12-21(13-4-16)31(28,29)26(19-8-10-20(30-2)11-9-19)23(27)14-6-17-5-7-18(24)15-22(17)25/h3-15H,1-2H3/b14-6+. The second kappa shape index (κ2) is 9.56. The number of nitrogens with zero attached hydrogens (tertiary/aromatic N) is 1. The fraction of sp³-hybridized carbons (Fsp3) is 0.0870. The second-order valence-electron chi connectivity index (χ2n) is 6.62. The van der Waals surface area contributed by atoms with Crippen molar-refractivity contribution in [2.45, 2.75) is 11.8 Å². The fourth-order valence-electron chi connectivity index (χ4n) is 2.78. The van der Waals surface area contributed by atoms with Crippen LogP contribution in [0.2, 0.25) is 10.0 Å². The first kappa shape index (κ1) is 22.9. The molecule has 0 atom stereocenters. The summed E-state index contributed by atoms with van der Waals surface area (Å²) in [5, 5.41) is 0.796. The van der Waals surface area contributed by atoms with E-state index >= 15 is 0 Å². The van der Waals surface area contributed by atoms with Crippen LogP contribution in [0.3, 0.4) is 0 Å². The normalized spacial score (nSPS) is 11.5. The maximum Gasteiger partial charge on any atom is 0.271 e. The van der Waals surface area contributed by atoms with Crippen LogP contribution in [0, 0.1) is 6.92 Å². The minimum atomic E-state index is -4.17. The topological polar surface area (TPSA) is 63.7 Å². The third-order valence-electron chi connectivity index (χ3n) is 4.43. The Morgan fingerprint density at radius 2 is 1.61 bits per heavy atom. The number of sulfonamides is 1. The van der Waals surface area contributed by atoms with Gasteiger partial charge in [0, 0.05) is 16.1 Å². The summed E-state index contributed by atoms with van der Waals surface area (Å²) in [7, 11) is -2.67. The van der Waals surface area contributed by atoms with Gasteiger partial charge in [-0.2, -0.15) is 4.31 Å². The van der Waals surface area contributed by atoms with Crippen LogP contribution in [0.1, 0.15) is 11.1 Å². The highest BCUT2D eigenvalue weighted by molar-refractivity contribution is 7.93. The molecule has 0 fully saturated rings. The van der Waals surface area contributed by atoms with Crippen molar-refractivity contribution in [2.75, 3.05) is 11.4 Å². The summed E-state index contributed by atoms with van der Waals surface area (Å²) in [6.45, 7) is 1.85. The van der Waals surface area contributed by atoms with Crippen molar-refractivity contribution in [3.63, 3.8) is 0 Å². The Morgan fingerprint density at radius 1 is 0.968 bits per heavy atom. The number of hydrogen-bond acceptors (Lipinski definition) is 4. The third kappa shape index (κ3) is 5.28. The summed E-state index contributed by atoms with van der Waals surface area (Å²) in [6.07, 6.45) is 2.60. The van der Waals surface area contributed by atoms with E-state index < -0.39 is 15.9 Å². The first-order valence-electron chi connectivity index (χ1n) is 9.15. The van der Waals surface area contributed by atoms with E-state index in [1.165, 1.54) is 43.5 Å². The second-order valence-corrected chi connectivity index (χ2v) is 9.25. The summed E-state index contributed by atoms with van der Waals surface area (Å²) in [5.41, 5.74) is 1.61. The van der Waals surface area contributed by atoms with Gasteiger partial charge in [-0.3, -0.25) is 4.79 Å². The molecule has 0 bridgehead atoms. The van der Waals surface area contributed by atoms with Crippen molar-refractivity contribution < 1.29 is 17.9 Å². The SMILES string of the molecule is COc1ccc(N(C(=O)/C=C/c2ccc(Cl)cc2Cl)S(=O)(=O)c2ccc(C)cc2)cc1. The molecular weight excluding hydrogens is 457 g/mol. The van der Waals surface area contributed by atoms with E-state index in [1.807, 2.05) is 6.92 Å². The Bertz CT molecular complexity index is 1220. The van der Waals surface area contributed by atoms with Crippen LogP contribution in [0.4, 0.5) is 5.69 Å². The van der Waals surface area contributed by atoms with E-state index in [0.717, 1.165) is 15.9 Å². The zero-order valence-corrected chi connectivity index (χ0v) is 19.1. The molecular formula is C23H19Cl2NO4S. The van der Waals surface area contributed by atoms with E-state index in [-0.39, 0.29) is 10.6 Å². The number of carbonyl (C=O) groups is 1. The van der Waals surface area contributed by atoms with Gasteiger partial charge in [0.15, 0.2) is 0 Å². The number of rotatable bonds is 6. The molecule has 0 saturated carbocycles. The number of methoxy groups -OCH3 is 1. The molecule has 0 spiro atoms. The molecule has 3 aromatic rings. The maximum atomic E-state index is 13.4. The quantitative estimate of drug-likeness (QED) is 0.426. The lowest BCUT2D eigenvalue weighted by molar-refractivity contribution is -0.113. The lowest BCUT2D eigenvalue weighted by atomic mass is 10.2. The molecule has 1 amide bonds. The number of carbonyl (C=O) groups excluding carboxylic acids is 1. The Kier molecular flexibility index (Phi) is 7.05. The van der Waals surface area contributed by atoms with E-state index in [0.29, 0.717) is 21.4 Å². The molecule has 5 nitrogen and oxygen atoms in total. The molecule has 31 heavy (non-hydrogen) atoms. The summed E-state index contributed by atoms with van der Waals surface area (Å²) < 4.78 is 32.6. The molecule has 8 heteroatoms. The van der Waals surface area contributed by atoms with Gasteiger partial charge in [-0.25, -0.2) is 8.42 Å². The third-order valence-corrected chi connectivity index (χ3v) is 6.74. The van der Waals surface area contributed by atoms with Crippen LogP contribution in [0.5, 0.6) is 5.75 Å². The zero-order valence-electron chi connectivity index (χ0n) is 16.7. The van der Waals surface area contributed by atoms with Gasteiger partial charge in [-0.15, -0.1) is 0 Å². The van der Waals surface area contributed by atoms with Gasteiger partial charge < -0.3 is 4.74 Å². The molecule has 0 aliphatic carbocycles. The minimum Gasteiger partial charge on any atom is -0.497 e. The number of aryl methyl sites for hydroxylation is 1. The van der Waals surface area contributed by atoms with Gasteiger partial charge in [0.1, 0.15) is 5.75 Å². The number of ether oxygens (including phenoxy) is 1. The Hall–Kier alpha value is -2.80. The predicted octanol–water partition coefficient (Wildman–Crippen LogP) is 5.75. The van der Waals surface area contributed by atoms with Crippen molar-refractivity contribution in [3.8, 4) is 5.75 Å². The van der Waals surface area contributed by atoms with Crippen molar-refractivity contribution in [1.29, 1.82) is 0 Å². The molecule has 160 valence electrons. The Labute approximate surface area is 191 Å². The van der Waals surface area contributed by atoms with Crippen molar-refractivity contribution in [1.82, 2.24) is 0 Å². The lowest BCUT2D eigenvalue weighted by Crippen LogP contribution is -2.35. The van der Waals surface area contributed by atoms with Gasteiger partial charge in [0.25, 0.3) is 15.9 Å². The molecule has 0 saturated heterocycles. The van der Waals surface area contributed by atoms with Gasteiger partial charge >= 0.3 is 0 Å². The molecule has 0 N–H and O–H groups in total. The highest BCUT2D eigenvalue weighted by Crippen LogP contribution is 2.27. The molecule has 3 aromatic carbocycles. The largest absolute Gasteiger partial charge is 0.497 e. The average molecular weight is 476 g/mol. The monoisotopic (exact) mass is 475 g/mol. The van der Waals surface area contributed by atoms with Gasteiger partial charge in [0.2, 0.25) is 0 Å². The summed E-state index contributed by atoms with van der Waals surface area (Å²) in [6, 6.07) is 17.3. The average Bonchev–Trinajstić information content (AvgIpc) is 2.74. The van der Waals surface area contributed by atoms with E-state index in [2.05, 4.69) is 0 Å². The highest BCUT2D eigenvalue weighted by atomic mass is 35.5. The van der Waals surface area contributed by atoms with Crippen LogP contribution in [0.15, 0.2) is 77.7 Å². The van der Waals surface area contributed by atoms with Gasteiger partial charge in [-0.05, 0) is 67.1 Å². The molecule has 0 aromatic heterocycles. The molecule has 0 heterocycles. The van der Waals surface area contributed by atoms with Crippen molar-refractivity contribution in [3.05, 3.63) is 94.0 Å². The summed E-state index contributed by atoms with van der Waals surface area (Å²) in [5.74, 6) is -0.218. The van der Waals surface area contributed by atoms with Crippen LogP contribution in [-0.4, -0.2) is 21.4 Å². The van der Waals surface area contributed by atoms with Crippen LogP contribution in [-0.2, 0) is 14.8 Å². The lowest BCUT2D eigenvalue weighted by Gasteiger charge is -2.21. The number of halogens is 2. The van der Waals surface area contributed by atoms with Crippen molar-refractivity contribution in [2.24, 2.45) is 0 Å². The van der Waals surface area contributed by atoms with Crippen LogP contribution < -0.4 is 9.04 Å². The van der Waals surface area contributed by atoms with E-state index in [9.17, 15) is 13.2 Å². The first-order valence-corrected chi connectivity index (χ1v) is 11.3. The molecule has 0 unspecified atom stereocenters. The maximum absolute atomic E-state index is 13.4.